The van der Waals surface area contributed by atoms with Crippen molar-refractivity contribution in [3.05, 3.63) is 63.6 Å². The van der Waals surface area contributed by atoms with Crippen LogP contribution >= 0.6 is 23.2 Å². The molecule has 2 aromatic carbocycles. The molecule has 0 unspecified atom stereocenters. The van der Waals surface area contributed by atoms with Crippen molar-refractivity contribution in [3.63, 3.8) is 0 Å². The summed E-state index contributed by atoms with van der Waals surface area (Å²) < 4.78 is 5.37. The van der Waals surface area contributed by atoms with E-state index >= 15 is 0 Å². The van der Waals surface area contributed by atoms with E-state index in [4.69, 9.17) is 27.9 Å². The van der Waals surface area contributed by atoms with Crippen LogP contribution < -0.4 is 4.90 Å². The SMILES string of the molecule is Cc1ccc(N2CCN(CC3CCN(C(=O)OC(C)C)CC3)C[C@H]2c2ccc(Cl)cc2)c(Cl)c1. The summed E-state index contributed by atoms with van der Waals surface area (Å²) in [5, 5.41) is 1.55. The summed E-state index contributed by atoms with van der Waals surface area (Å²) >= 11 is 12.9. The minimum atomic E-state index is -0.181. The highest BCUT2D eigenvalue weighted by atomic mass is 35.5. The number of rotatable bonds is 5. The van der Waals surface area contributed by atoms with Crippen LogP contribution in [0, 0.1) is 12.8 Å². The van der Waals surface area contributed by atoms with Gasteiger partial charge in [0.1, 0.15) is 0 Å². The molecule has 2 heterocycles. The molecule has 4 rings (SSSR count). The van der Waals surface area contributed by atoms with Crippen LogP contribution in [0.25, 0.3) is 0 Å². The fourth-order valence-electron chi connectivity index (χ4n) is 5.05. The zero-order chi connectivity index (χ0) is 24.2. The Morgan fingerprint density at radius 2 is 1.74 bits per heavy atom. The lowest BCUT2D eigenvalue weighted by molar-refractivity contribution is 0.0607. The van der Waals surface area contributed by atoms with Crippen LogP contribution in [0.3, 0.4) is 0 Å². The first kappa shape index (κ1) is 25.2. The minimum absolute atomic E-state index is 0.0756. The number of piperidine rings is 1. The van der Waals surface area contributed by atoms with Crippen molar-refractivity contribution in [2.75, 3.05) is 44.2 Å². The van der Waals surface area contributed by atoms with Gasteiger partial charge in [0.05, 0.1) is 22.9 Å². The van der Waals surface area contributed by atoms with E-state index in [9.17, 15) is 4.79 Å². The van der Waals surface area contributed by atoms with Crippen LogP contribution in [0.2, 0.25) is 10.0 Å². The van der Waals surface area contributed by atoms with Gasteiger partial charge in [-0.15, -0.1) is 0 Å². The number of ether oxygens (including phenoxy) is 1. The number of nitrogens with zero attached hydrogens (tertiary/aromatic N) is 3. The van der Waals surface area contributed by atoms with Gasteiger partial charge in [0.15, 0.2) is 0 Å². The number of anilines is 1. The summed E-state index contributed by atoms with van der Waals surface area (Å²) in [6.45, 7) is 11.3. The van der Waals surface area contributed by atoms with Gasteiger partial charge in [-0.3, -0.25) is 4.90 Å². The Balaban J connectivity index is 1.43. The van der Waals surface area contributed by atoms with Gasteiger partial charge in [0, 0.05) is 44.3 Å². The first-order valence-corrected chi connectivity index (χ1v) is 13.0. The number of piperazine rings is 1. The number of amides is 1. The monoisotopic (exact) mass is 503 g/mol. The third kappa shape index (κ3) is 6.18. The van der Waals surface area contributed by atoms with E-state index < -0.39 is 0 Å². The third-order valence-electron chi connectivity index (χ3n) is 6.86. The van der Waals surface area contributed by atoms with E-state index in [1.165, 1.54) is 11.1 Å². The topological polar surface area (TPSA) is 36.0 Å². The predicted molar refractivity (Wildman–Crippen MR) is 140 cm³/mol. The standard InChI is InChI=1S/C27H35Cl2N3O2/c1-19(2)34-27(33)31-12-10-21(11-13-31)17-30-14-15-32(25-9-4-20(3)16-24(25)29)26(18-30)22-5-7-23(28)8-6-22/h4-9,16,19,21,26H,10-15,17-18H2,1-3H3/t26-/m0/s1. The molecule has 2 aliphatic heterocycles. The highest BCUT2D eigenvalue weighted by molar-refractivity contribution is 6.33. The second-order valence-electron chi connectivity index (χ2n) is 9.84. The molecule has 34 heavy (non-hydrogen) atoms. The maximum absolute atomic E-state index is 12.2. The Bertz CT molecular complexity index is 974. The lowest BCUT2D eigenvalue weighted by Crippen LogP contribution is -2.51. The maximum Gasteiger partial charge on any atom is 0.410 e. The molecule has 0 saturated carbocycles. The van der Waals surface area contributed by atoms with Crippen molar-refractivity contribution in [2.24, 2.45) is 5.92 Å². The summed E-state index contributed by atoms with van der Waals surface area (Å²) in [4.78, 5) is 19.1. The number of hydrogen-bond acceptors (Lipinski definition) is 4. The summed E-state index contributed by atoms with van der Waals surface area (Å²) in [6.07, 6.45) is 1.78. The average molecular weight is 505 g/mol. The smallest absolute Gasteiger partial charge is 0.410 e. The number of benzene rings is 2. The molecular weight excluding hydrogens is 469 g/mol. The lowest BCUT2D eigenvalue weighted by atomic mass is 9.94. The molecule has 0 aromatic heterocycles. The molecule has 0 N–H and O–H groups in total. The van der Waals surface area contributed by atoms with E-state index in [-0.39, 0.29) is 18.2 Å². The van der Waals surface area contributed by atoms with Gasteiger partial charge in [-0.2, -0.15) is 0 Å². The first-order chi connectivity index (χ1) is 16.3. The molecule has 0 spiro atoms. The number of hydrogen-bond donors (Lipinski definition) is 0. The first-order valence-electron chi connectivity index (χ1n) is 12.3. The van der Waals surface area contributed by atoms with Gasteiger partial charge in [0.2, 0.25) is 0 Å². The van der Waals surface area contributed by atoms with Gasteiger partial charge in [-0.1, -0.05) is 41.4 Å². The second kappa shape index (κ2) is 11.2. The van der Waals surface area contributed by atoms with Crippen molar-refractivity contribution in [3.8, 4) is 0 Å². The summed E-state index contributed by atoms with van der Waals surface area (Å²) in [7, 11) is 0. The van der Waals surface area contributed by atoms with Crippen LogP contribution in [0.5, 0.6) is 0 Å². The fourth-order valence-corrected chi connectivity index (χ4v) is 5.52. The Kier molecular flexibility index (Phi) is 8.28. The van der Waals surface area contributed by atoms with Crippen molar-refractivity contribution in [2.45, 2.75) is 45.8 Å². The number of carbonyl (C=O) groups excluding carboxylic acids is 1. The van der Waals surface area contributed by atoms with Crippen molar-refractivity contribution >= 4 is 35.0 Å². The Morgan fingerprint density at radius 3 is 2.38 bits per heavy atom. The number of halogens is 2. The highest BCUT2D eigenvalue weighted by Crippen LogP contribution is 2.36. The molecule has 2 fully saturated rings. The van der Waals surface area contributed by atoms with Gasteiger partial charge < -0.3 is 14.5 Å². The van der Waals surface area contributed by atoms with Crippen molar-refractivity contribution < 1.29 is 9.53 Å². The fraction of sp³-hybridized carbons (Fsp3) is 0.519. The second-order valence-corrected chi connectivity index (χ2v) is 10.7. The number of likely N-dealkylation sites (tertiary alicyclic amines) is 1. The lowest BCUT2D eigenvalue weighted by Gasteiger charge is -2.45. The van der Waals surface area contributed by atoms with Crippen LogP contribution in [0.15, 0.2) is 42.5 Å². The summed E-state index contributed by atoms with van der Waals surface area (Å²) in [5.74, 6) is 0.587. The van der Waals surface area contributed by atoms with E-state index in [1.54, 1.807) is 0 Å². The summed E-state index contributed by atoms with van der Waals surface area (Å²) in [6, 6.07) is 14.7. The maximum atomic E-state index is 12.2. The molecule has 0 aliphatic carbocycles. The third-order valence-corrected chi connectivity index (χ3v) is 7.41. The Labute approximate surface area is 213 Å². The predicted octanol–water partition coefficient (Wildman–Crippen LogP) is 6.42. The van der Waals surface area contributed by atoms with E-state index in [0.29, 0.717) is 5.92 Å². The van der Waals surface area contributed by atoms with E-state index in [0.717, 1.165) is 67.8 Å². The summed E-state index contributed by atoms with van der Waals surface area (Å²) in [5.41, 5.74) is 3.50. The Hall–Kier alpha value is -1.95. The molecule has 0 bridgehead atoms. The minimum Gasteiger partial charge on any atom is -0.447 e. The molecule has 1 atom stereocenters. The van der Waals surface area contributed by atoms with Crippen molar-refractivity contribution in [1.82, 2.24) is 9.80 Å². The molecule has 2 aliphatic rings. The molecule has 5 nitrogen and oxygen atoms in total. The number of aryl methyl sites for hydroxylation is 1. The quantitative estimate of drug-likeness (QED) is 0.471. The van der Waals surface area contributed by atoms with E-state index in [1.807, 2.05) is 36.9 Å². The van der Waals surface area contributed by atoms with Gasteiger partial charge in [-0.25, -0.2) is 4.79 Å². The zero-order valence-electron chi connectivity index (χ0n) is 20.3. The molecule has 1 amide bonds. The Morgan fingerprint density at radius 1 is 1.03 bits per heavy atom. The molecule has 7 heteroatoms. The van der Waals surface area contributed by atoms with Crippen LogP contribution in [0.1, 0.15) is 43.9 Å². The van der Waals surface area contributed by atoms with Gasteiger partial charge >= 0.3 is 6.09 Å². The largest absolute Gasteiger partial charge is 0.447 e. The van der Waals surface area contributed by atoms with Crippen LogP contribution in [-0.2, 0) is 4.74 Å². The normalized spacial score (nSPS) is 20.1. The average Bonchev–Trinajstić information content (AvgIpc) is 2.80. The van der Waals surface area contributed by atoms with Crippen LogP contribution in [-0.4, -0.2) is 61.3 Å². The molecule has 184 valence electrons. The van der Waals surface area contributed by atoms with Crippen molar-refractivity contribution in [1.29, 1.82) is 0 Å². The zero-order valence-corrected chi connectivity index (χ0v) is 21.9. The number of carbonyl (C=O) groups is 1. The molecule has 2 saturated heterocycles. The van der Waals surface area contributed by atoms with E-state index in [2.05, 4.69) is 41.0 Å². The molecule has 2 aromatic rings. The van der Waals surface area contributed by atoms with Gasteiger partial charge in [-0.05, 0) is 74.9 Å². The molecular formula is C27H35Cl2N3O2. The highest BCUT2D eigenvalue weighted by Gasteiger charge is 2.32. The van der Waals surface area contributed by atoms with Gasteiger partial charge in [0.25, 0.3) is 0 Å². The van der Waals surface area contributed by atoms with Crippen LogP contribution in [0.4, 0.5) is 10.5 Å². The molecule has 0 radical (unpaired) electrons.